The molecule has 1 atom stereocenters. The maximum Gasteiger partial charge on any atom is 0.410 e. The second kappa shape index (κ2) is 5.09. The van der Waals surface area contributed by atoms with E-state index in [2.05, 4.69) is 0 Å². The molecule has 4 rings (SSSR count). The summed E-state index contributed by atoms with van der Waals surface area (Å²) in [6, 6.07) is 2.07. The number of pyridine rings is 1. The smallest absolute Gasteiger partial charge is 0.410 e. The number of likely N-dealkylation sites (N-methyl/N-ethyl adjacent to an activating group) is 1. The Labute approximate surface area is 139 Å². The molecule has 1 aromatic heterocycles. The minimum absolute atomic E-state index is 0.205. The third kappa shape index (κ3) is 2.30. The molecule has 1 aromatic rings. The van der Waals surface area contributed by atoms with E-state index in [0.717, 1.165) is 12.8 Å². The molecule has 3 aliphatic rings. The first-order chi connectivity index (χ1) is 11.4. The standard InChI is InChI=1S/C17H21N3O4/c1-11-5-7-20(12-3-4-12)15(22)13(11)14(21)19-8-6-17(10-19)9-18(2)16(23)24-17/h5,7,12H,3-4,6,8-10H2,1-2H3. The monoisotopic (exact) mass is 331 g/mol. The van der Waals surface area contributed by atoms with Crippen LogP contribution in [-0.4, -0.2) is 58.7 Å². The summed E-state index contributed by atoms with van der Waals surface area (Å²) in [4.78, 5) is 40.5. The minimum Gasteiger partial charge on any atom is -0.439 e. The number of hydrogen-bond donors (Lipinski definition) is 0. The molecule has 0 bridgehead atoms. The van der Waals surface area contributed by atoms with Gasteiger partial charge in [-0.05, 0) is 31.4 Å². The molecule has 3 heterocycles. The van der Waals surface area contributed by atoms with Gasteiger partial charge in [0.05, 0.1) is 13.1 Å². The number of nitrogens with zero attached hydrogens (tertiary/aromatic N) is 3. The van der Waals surface area contributed by atoms with E-state index < -0.39 is 5.60 Å². The predicted octanol–water partition coefficient (Wildman–Crippen LogP) is 1.16. The molecule has 7 nitrogen and oxygen atoms in total. The van der Waals surface area contributed by atoms with Crippen molar-refractivity contribution >= 4 is 12.0 Å². The van der Waals surface area contributed by atoms with E-state index in [1.165, 1.54) is 4.90 Å². The molecule has 2 saturated heterocycles. The van der Waals surface area contributed by atoms with Crippen LogP contribution >= 0.6 is 0 Å². The summed E-state index contributed by atoms with van der Waals surface area (Å²) in [6.45, 7) is 3.12. The lowest BCUT2D eigenvalue weighted by Crippen LogP contribution is -2.41. The minimum atomic E-state index is -0.625. The van der Waals surface area contributed by atoms with Gasteiger partial charge in [0.1, 0.15) is 5.56 Å². The molecule has 24 heavy (non-hydrogen) atoms. The van der Waals surface area contributed by atoms with Crippen molar-refractivity contribution in [1.29, 1.82) is 0 Å². The molecule has 7 heteroatoms. The van der Waals surface area contributed by atoms with E-state index in [0.29, 0.717) is 31.6 Å². The molecule has 2 aliphatic heterocycles. The number of rotatable bonds is 2. The summed E-state index contributed by atoms with van der Waals surface area (Å²) in [5.41, 5.74) is 0.117. The molecular formula is C17H21N3O4. The van der Waals surface area contributed by atoms with Crippen LogP contribution in [0.25, 0.3) is 0 Å². The molecule has 2 amide bonds. The Kier molecular flexibility index (Phi) is 3.23. The highest BCUT2D eigenvalue weighted by atomic mass is 16.6. The first-order valence-electron chi connectivity index (χ1n) is 8.35. The fraction of sp³-hybridized carbons (Fsp3) is 0.588. The normalized spacial score (nSPS) is 26.3. The number of aryl methyl sites for hydroxylation is 1. The first-order valence-corrected chi connectivity index (χ1v) is 8.35. The van der Waals surface area contributed by atoms with Crippen molar-refractivity contribution in [3.63, 3.8) is 0 Å². The summed E-state index contributed by atoms with van der Waals surface area (Å²) in [7, 11) is 1.69. The Morgan fingerprint density at radius 2 is 2.04 bits per heavy atom. The predicted molar refractivity (Wildman–Crippen MR) is 86.1 cm³/mol. The van der Waals surface area contributed by atoms with Crippen LogP contribution in [0.5, 0.6) is 0 Å². The molecule has 128 valence electrons. The summed E-state index contributed by atoms with van der Waals surface area (Å²) < 4.78 is 7.16. The number of amides is 2. The fourth-order valence-corrected chi connectivity index (χ4v) is 3.72. The zero-order valence-corrected chi connectivity index (χ0v) is 13.9. The van der Waals surface area contributed by atoms with E-state index in [1.807, 2.05) is 6.07 Å². The lowest BCUT2D eigenvalue weighted by atomic mass is 10.0. The molecule has 1 aliphatic carbocycles. The summed E-state index contributed by atoms with van der Waals surface area (Å²) >= 11 is 0. The van der Waals surface area contributed by atoms with Crippen LogP contribution in [0.3, 0.4) is 0 Å². The van der Waals surface area contributed by atoms with Crippen LogP contribution in [-0.2, 0) is 4.74 Å². The summed E-state index contributed by atoms with van der Waals surface area (Å²) in [5.74, 6) is -0.255. The first kappa shape index (κ1) is 15.2. The largest absolute Gasteiger partial charge is 0.439 e. The quantitative estimate of drug-likeness (QED) is 0.815. The van der Waals surface area contributed by atoms with Gasteiger partial charge in [0.15, 0.2) is 5.60 Å². The van der Waals surface area contributed by atoms with E-state index in [9.17, 15) is 14.4 Å². The van der Waals surface area contributed by atoms with Crippen molar-refractivity contribution in [1.82, 2.24) is 14.4 Å². The van der Waals surface area contributed by atoms with Gasteiger partial charge in [0.25, 0.3) is 11.5 Å². The van der Waals surface area contributed by atoms with Crippen LogP contribution in [0.1, 0.15) is 41.2 Å². The number of ether oxygens (including phenoxy) is 1. The lowest BCUT2D eigenvalue weighted by molar-refractivity contribution is 0.0551. The van der Waals surface area contributed by atoms with Crippen molar-refractivity contribution in [3.05, 3.63) is 33.7 Å². The Bertz CT molecular complexity index is 783. The molecule has 0 aromatic carbocycles. The van der Waals surface area contributed by atoms with E-state index in [1.54, 1.807) is 29.6 Å². The Hall–Kier alpha value is -2.31. The number of likely N-dealkylation sites (tertiary alicyclic amines) is 1. The van der Waals surface area contributed by atoms with Crippen molar-refractivity contribution < 1.29 is 14.3 Å². The lowest BCUT2D eigenvalue weighted by Gasteiger charge is -2.22. The second-order valence-corrected chi connectivity index (χ2v) is 7.20. The third-order valence-corrected chi connectivity index (χ3v) is 5.23. The van der Waals surface area contributed by atoms with Crippen LogP contribution in [0.2, 0.25) is 0 Å². The van der Waals surface area contributed by atoms with Gasteiger partial charge in [-0.2, -0.15) is 0 Å². The van der Waals surface area contributed by atoms with Gasteiger partial charge in [0, 0.05) is 32.3 Å². The molecular weight excluding hydrogens is 310 g/mol. The molecule has 1 saturated carbocycles. The molecule has 0 N–H and O–H groups in total. The van der Waals surface area contributed by atoms with Gasteiger partial charge in [0.2, 0.25) is 0 Å². The van der Waals surface area contributed by atoms with E-state index in [-0.39, 0.29) is 29.2 Å². The zero-order valence-electron chi connectivity index (χ0n) is 13.9. The number of hydrogen-bond acceptors (Lipinski definition) is 4. The topological polar surface area (TPSA) is 71.9 Å². The molecule has 0 radical (unpaired) electrons. The fourth-order valence-electron chi connectivity index (χ4n) is 3.72. The van der Waals surface area contributed by atoms with Crippen molar-refractivity contribution in [2.45, 2.75) is 37.8 Å². The average Bonchev–Trinajstić information content (AvgIpc) is 3.22. The third-order valence-electron chi connectivity index (χ3n) is 5.23. The number of carbonyl (C=O) groups excluding carboxylic acids is 2. The maximum absolute atomic E-state index is 12.9. The highest BCUT2D eigenvalue weighted by molar-refractivity contribution is 5.95. The molecule has 1 spiro atoms. The highest BCUT2D eigenvalue weighted by Crippen LogP contribution is 2.34. The van der Waals surface area contributed by atoms with Gasteiger partial charge < -0.3 is 19.1 Å². The Morgan fingerprint density at radius 3 is 2.67 bits per heavy atom. The van der Waals surface area contributed by atoms with Crippen LogP contribution in [0.15, 0.2) is 17.1 Å². The van der Waals surface area contributed by atoms with Gasteiger partial charge in [-0.3, -0.25) is 9.59 Å². The van der Waals surface area contributed by atoms with Gasteiger partial charge in [-0.25, -0.2) is 4.79 Å². The Morgan fingerprint density at radius 1 is 1.29 bits per heavy atom. The highest BCUT2D eigenvalue weighted by Gasteiger charge is 2.50. The van der Waals surface area contributed by atoms with E-state index in [4.69, 9.17) is 4.74 Å². The van der Waals surface area contributed by atoms with Crippen LogP contribution in [0.4, 0.5) is 4.79 Å². The van der Waals surface area contributed by atoms with Crippen molar-refractivity contribution in [3.8, 4) is 0 Å². The number of carbonyl (C=O) groups is 2. The SMILES string of the molecule is Cc1ccn(C2CC2)c(=O)c1C(=O)N1CCC2(CN(C)C(=O)O2)C1. The van der Waals surface area contributed by atoms with Gasteiger partial charge in [-0.15, -0.1) is 0 Å². The second-order valence-electron chi connectivity index (χ2n) is 7.20. The average molecular weight is 331 g/mol. The van der Waals surface area contributed by atoms with Gasteiger partial charge in [-0.1, -0.05) is 0 Å². The zero-order chi connectivity index (χ0) is 17.1. The van der Waals surface area contributed by atoms with E-state index >= 15 is 0 Å². The summed E-state index contributed by atoms with van der Waals surface area (Å²) in [6.07, 6.45) is 4.02. The van der Waals surface area contributed by atoms with Crippen molar-refractivity contribution in [2.24, 2.45) is 0 Å². The Balaban J connectivity index is 1.60. The number of aromatic nitrogens is 1. The van der Waals surface area contributed by atoms with Crippen LogP contribution in [0, 0.1) is 6.92 Å². The van der Waals surface area contributed by atoms with Gasteiger partial charge >= 0.3 is 6.09 Å². The molecule has 1 unspecified atom stereocenters. The van der Waals surface area contributed by atoms with Crippen LogP contribution < -0.4 is 5.56 Å². The maximum atomic E-state index is 12.9. The van der Waals surface area contributed by atoms with Crippen molar-refractivity contribution in [2.75, 3.05) is 26.7 Å². The molecule has 3 fully saturated rings. The summed E-state index contributed by atoms with van der Waals surface area (Å²) in [5, 5.41) is 0.